The van der Waals surface area contributed by atoms with Gasteiger partial charge in [0.2, 0.25) is 0 Å². The van der Waals surface area contributed by atoms with Crippen molar-refractivity contribution >= 4 is 43.5 Å². The summed E-state index contributed by atoms with van der Waals surface area (Å²) in [4.78, 5) is 4.80. The summed E-state index contributed by atoms with van der Waals surface area (Å²) in [5, 5.41) is 7.15. The van der Waals surface area contributed by atoms with E-state index in [-0.39, 0.29) is 5.41 Å². The van der Waals surface area contributed by atoms with Gasteiger partial charge in [0.15, 0.2) is 0 Å². The summed E-state index contributed by atoms with van der Waals surface area (Å²) in [7, 11) is 0. The third-order valence-electron chi connectivity index (χ3n) is 6.29. The van der Waals surface area contributed by atoms with Crippen LogP contribution in [0.15, 0.2) is 89.5 Å². The van der Waals surface area contributed by atoms with Gasteiger partial charge in [-0.15, -0.1) is 0 Å². The molecule has 0 aliphatic heterocycles. The van der Waals surface area contributed by atoms with Crippen LogP contribution in [0.5, 0.6) is 0 Å². The average molecular weight is 402 g/mol. The van der Waals surface area contributed by atoms with Gasteiger partial charge >= 0.3 is 0 Å². The molecule has 2 nitrogen and oxygen atoms in total. The highest BCUT2D eigenvalue weighted by atomic mass is 16.3. The Morgan fingerprint density at radius 1 is 0.677 bits per heavy atom. The maximum absolute atomic E-state index is 6.29. The Kier molecular flexibility index (Phi) is 3.76. The van der Waals surface area contributed by atoms with Crippen molar-refractivity contribution in [2.24, 2.45) is 0 Å². The lowest BCUT2D eigenvalue weighted by atomic mass is 9.85. The molecule has 0 aliphatic carbocycles. The molecule has 0 radical (unpaired) electrons. The molecule has 2 heterocycles. The van der Waals surface area contributed by atoms with Crippen LogP contribution < -0.4 is 0 Å². The number of nitrogens with zero attached hydrogens (tertiary/aromatic N) is 1. The number of furan rings is 1. The first-order valence-electron chi connectivity index (χ1n) is 10.7. The largest absolute Gasteiger partial charge is 0.455 e. The summed E-state index contributed by atoms with van der Waals surface area (Å²) in [6, 6.07) is 27.9. The summed E-state index contributed by atoms with van der Waals surface area (Å²) < 4.78 is 6.29. The van der Waals surface area contributed by atoms with Crippen molar-refractivity contribution in [3.63, 3.8) is 0 Å². The molecule has 0 N–H and O–H groups in total. The molecule has 2 heteroatoms. The molecule has 0 unspecified atom stereocenters. The van der Waals surface area contributed by atoms with E-state index in [0.717, 1.165) is 38.6 Å². The van der Waals surface area contributed by atoms with Crippen molar-refractivity contribution in [3.8, 4) is 11.3 Å². The van der Waals surface area contributed by atoms with Crippen molar-refractivity contribution in [1.82, 2.24) is 4.98 Å². The molecule has 4 aromatic carbocycles. The second kappa shape index (κ2) is 6.42. The molecule has 0 fully saturated rings. The number of hydrogen-bond acceptors (Lipinski definition) is 2. The van der Waals surface area contributed by atoms with Crippen LogP contribution >= 0.6 is 0 Å². The summed E-state index contributed by atoms with van der Waals surface area (Å²) in [6.45, 7) is 6.77. The normalized spacial score (nSPS) is 12.4. The van der Waals surface area contributed by atoms with Gasteiger partial charge in [0.05, 0.1) is 5.69 Å². The number of fused-ring (bicyclic) bond motifs is 6. The van der Waals surface area contributed by atoms with Crippen LogP contribution in [0.1, 0.15) is 26.3 Å². The Balaban J connectivity index is 1.64. The lowest BCUT2D eigenvalue weighted by Gasteiger charge is -2.20. The summed E-state index contributed by atoms with van der Waals surface area (Å²) in [6.07, 6.45) is 1.91. The predicted molar refractivity (Wildman–Crippen MR) is 131 cm³/mol. The van der Waals surface area contributed by atoms with E-state index in [4.69, 9.17) is 9.40 Å². The fourth-order valence-corrected chi connectivity index (χ4v) is 4.61. The van der Waals surface area contributed by atoms with Gasteiger partial charge < -0.3 is 4.42 Å². The highest BCUT2D eigenvalue weighted by molar-refractivity contribution is 6.15. The molecule has 6 aromatic rings. The van der Waals surface area contributed by atoms with E-state index in [1.54, 1.807) is 0 Å². The second-order valence-electron chi connectivity index (χ2n) is 9.29. The van der Waals surface area contributed by atoms with Gasteiger partial charge in [-0.25, -0.2) is 0 Å². The summed E-state index contributed by atoms with van der Waals surface area (Å²) in [5.41, 5.74) is 5.27. The van der Waals surface area contributed by atoms with Crippen LogP contribution in [0, 0.1) is 0 Å². The average Bonchev–Trinajstić information content (AvgIpc) is 3.16. The zero-order chi connectivity index (χ0) is 21.2. The van der Waals surface area contributed by atoms with Gasteiger partial charge in [-0.3, -0.25) is 4.98 Å². The molecule has 150 valence electrons. The van der Waals surface area contributed by atoms with Crippen LogP contribution in [0.4, 0.5) is 0 Å². The van der Waals surface area contributed by atoms with E-state index in [2.05, 4.69) is 87.5 Å². The molecule has 0 amide bonds. The van der Waals surface area contributed by atoms with E-state index in [1.165, 1.54) is 21.7 Å². The van der Waals surface area contributed by atoms with Crippen LogP contribution in [0.3, 0.4) is 0 Å². The first-order chi connectivity index (χ1) is 15.0. The number of aromatic nitrogens is 1. The first-order valence-corrected chi connectivity index (χ1v) is 10.7. The molecular weight excluding hydrogens is 378 g/mol. The molecule has 0 aliphatic rings. The third kappa shape index (κ3) is 2.75. The molecule has 2 aromatic heterocycles. The highest BCUT2D eigenvalue weighted by Gasteiger charge is 2.17. The minimum absolute atomic E-state index is 0.128. The Morgan fingerprint density at radius 3 is 2.35 bits per heavy atom. The molecule has 0 saturated carbocycles. The monoisotopic (exact) mass is 401 g/mol. The summed E-state index contributed by atoms with van der Waals surface area (Å²) in [5.74, 6) is 0. The predicted octanol–water partition coefficient (Wildman–Crippen LogP) is 8.25. The van der Waals surface area contributed by atoms with Gasteiger partial charge in [0.25, 0.3) is 0 Å². The Bertz CT molecular complexity index is 1620. The maximum Gasteiger partial charge on any atom is 0.144 e. The van der Waals surface area contributed by atoms with Gasteiger partial charge in [-0.2, -0.15) is 0 Å². The van der Waals surface area contributed by atoms with E-state index in [1.807, 2.05) is 18.3 Å². The van der Waals surface area contributed by atoms with Crippen LogP contribution in [-0.4, -0.2) is 4.98 Å². The molecule has 0 saturated heterocycles. The maximum atomic E-state index is 6.29. The number of rotatable bonds is 1. The van der Waals surface area contributed by atoms with Crippen LogP contribution in [0.25, 0.3) is 54.7 Å². The van der Waals surface area contributed by atoms with Crippen molar-refractivity contribution in [1.29, 1.82) is 0 Å². The molecule has 0 bridgehead atoms. The van der Waals surface area contributed by atoms with Crippen molar-refractivity contribution in [3.05, 3.63) is 90.6 Å². The lowest BCUT2D eigenvalue weighted by Crippen LogP contribution is -2.10. The van der Waals surface area contributed by atoms with Gasteiger partial charge in [0, 0.05) is 27.9 Å². The highest BCUT2D eigenvalue weighted by Crippen LogP contribution is 2.39. The van der Waals surface area contributed by atoms with Gasteiger partial charge in [0.1, 0.15) is 11.2 Å². The number of benzene rings is 4. The van der Waals surface area contributed by atoms with Gasteiger partial charge in [-0.1, -0.05) is 81.4 Å². The van der Waals surface area contributed by atoms with E-state index >= 15 is 0 Å². The van der Waals surface area contributed by atoms with Crippen molar-refractivity contribution < 1.29 is 4.42 Å². The van der Waals surface area contributed by atoms with Crippen LogP contribution in [0.2, 0.25) is 0 Å². The van der Waals surface area contributed by atoms with E-state index < -0.39 is 0 Å². The van der Waals surface area contributed by atoms with Gasteiger partial charge in [-0.05, 0) is 45.3 Å². The standard InChI is InChI=1S/C29H23NO/c1-29(2,3)19-12-14-20-18(17-19)11-13-23-21(20)15-16-30-27(23)25-9-6-8-24-22-7-4-5-10-26(22)31-28(24)25/h4-17H,1-3H3. The number of para-hydroxylation sites is 2. The SMILES string of the molecule is CC(C)(C)c1ccc2c(ccc3c(-c4cccc5c4oc4ccccc45)nccc32)c1. The minimum Gasteiger partial charge on any atom is -0.455 e. The van der Waals surface area contributed by atoms with E-state index in [0.29, 0.717) is 0 Å². The Hall–Kier alpha value is -3.65. The topological polar surface area (TPSA) is 26.0 Å². The zero-order valence-electron chi connectivity index (χ0n) is 17.9. The molecule has 31 heavy (non-hydrogen) atoms. The Morgan fingerprint density at radius 2 is 1.48 bits per heavy atom. The lowest BCUT2D eigenvalue weighted by molar-refractivity contribution is 0.591. The molecule has 0 atom stereocenters. The van der Waals surface area contributed by atoms with Crippen molar-refractivity contribution in [2.45, 2.75) is 26.2 Å². The molecule has 0 spiro atoms. The van der Waals surface area contributed by atoms with Crippen LogP contribution in [-0.2, 0) is 5.41 Å². The smallest absolute Gasteiger partial charge is 0.144 e. The summed E-state index contributed by atoms with van der Waals surface area (Å²) >= 11 is 0. The quantitative estimate of drug-likeness (QED) is 0.259. The second-order valence-corrected chi connectivity index (χ2v) is 9.29. The van der Waals surface area contributed by atoms with Crippen molar-refractivity contribution in [2.75, 3.05) is 0 Å². The molecule has 6 rings (SSSR count). The Labute approximate surface area is 181 Å². The number of hydrogen-bond donors (Lipinski definition) is 0. The minimum atomic E-state index is 0.128. The third-order valence-corrected chi connectivity index (χ3v) is 6.29. The van der Waals surface area contributed by atoms with E-state index in [9.17, 15) is 0 Å². The number of pyridine rings is 1. The fourth-order valence-electron chi connectivity index (χ4n) is 4.61. The first kappa shape index (κ1) is 18.1. The zero-order valence-corrected chi connectivity index (χ0v) is 17.9. The fraction of sp³-hybridized carbons (Fsp3) is 0.138. The molecular formula is C29H23NO.